The fourth-order valence-corrected chi connectivity index (χ4v) is 19.3. The van der Waals surface area contributed by atoms with Crippen molar-refractivity contribution in [2.45, 2.75) is 203 Å². The quantitative estimate of drug-likeness (QED) is 0.133. The van der Waals surface area contributed by atoms with Gasteiger partial charge in [-0.3, -0.25) is 0 Å². The first-order valence-electron chi connectivity index (χ1n) is 23.4. The molecule has 370 valence electrons. The Hall–Kier alpha value is 0.778. The number of hydrogen-bond donors (Lipinski definition) is 0. The van der Waals surface area contributed by atoms with Crippen molar-refractivity contribution < 1.29 is 51.2 Å². The molecule has 0 heterocycles. The second-order valence-electron chi connectivity index (χ2n) is 18.6. The van der Waals surface area contributed by atoms with Crippen LogP contribution in [-0.2, 0) is 51.2 Å². The molecule has 0 aliphatic heterocycles. The van der Waals surface area contributed by atoms with Crippen LogP contribution in [-0.4, -0.2) is 72.7 Å². The summed E-state index contributed by atoms with van der Waals surface area (Å²) < 4.78 is 0. The van der Waals surface area contributed by atoms with E-state index in [0.717, 1.165) is 46.6 Å². The molecule has 6 aliphatic carbocycles. The molecule has 0 N–H and O–H groups in total. The molecule has 6 unspecified atom stereocenters. The number of nitrogens with zero attached hydrogens (tertiary/aromatic N) is 2. The molecule has 0 amide bonds. The molecule has 2 aromatic rings. The Kier molecular flexibility index (Phi) is 46.9. The Morgan fingerprint density at radius 1 is 0.365 bits per heavy atom. The molecular formula is C56H102Fe3N2P2. The zero-order chi connectivity index (χ0) is 38.1. The average molecular weight is 1030 g/mol. The molecule has 2 nitrogen and oxygen atoms in total. The van der Waals surface area contributed by atoms with Crippen LogP contribution < -0.4 is 10.6 Å². The van der Waals surface area contributed by atoms with Crippen LogP contribution in [0.4, 0.5) is 0 Å². The van der Waals surface area contributed by atoms with Gasteiger partial charge >= 0.3 is 51.2 Å². The van der Waals surface area contributed by atoms with E-state index in [1.807, 2.05) is 0 Å². The molecule has 0 saturated heterocycles. The van der Waals surface area contributed by atoms with Gasteiger partial charge in [0.25, 0.3) is 0 Å². The minimum absolute atomic E-state index is 0. The zero-order valence-electron chi connectivity index (χ0n) is 43.2. The summed E-state index contributed by atoms with van der Waals surface area (Å²) in [5, 5.41) is 3.37. The molecular weight excluding hydrogens is 930 g/mol. The van der Waals surface area contributed by atoms with E-state index in [9.17, 15) is 0 Å². The second-order valence-corrected chi connectivity index (χ2v) is 24.1. The zero-order valence-corrected chi connectivity index (χ0v) is 48.3. The van der Waals surface area contributed by atoms with Gasteiger partial charge in [-0.25, -0.2) is 0 Å². The van der Waals surface area contributed by atoms with Crippen LogP contribution in [0.3, 0.4) is 0 Å². The van der Waals surface area contributed by atoms with Crippen molar-refractivity contribution in [3.63, 3.8) is 0 Å². The monoisotopic (exact) mass is 1030 g/mol. The number of hydrogen-bond acceptors (Lipinski definition) is 2. The van der Waals surface area contributed by atoms with Crippen molar-refractivity contribution >= 4 is 26.5 Å². The SMILES string of the molecule is C1CCCC1.C1CCCC1.C[C@H](C1CCCC1P(c1ccccc1)C1CCCC1)N(C)C.C[C@H](C1CCCC1P(c1ccccc1)C1CCCC1)N(C)C.[CH3-].[CH3-].[CH3-].[CH3-].[CH3-].[CH3-].[Fe+2].[Fe+2].[Fe+2]. The van der Waals surface area contributed by atoms with Crippen LogP contribution in [0.15, 0.2) is 60.7 Å². The maximum atomic E-state index is 2.45. The van der Waals surface area contributed by atoms with E-state index < -0.39 is 0 Å². The van der Waals surface area contributed by atoms with Gasteiger partial charge in [-0.2, -0.15) is 0 Å². The third-order valence-corrected chi connectivity index (χ3v) is 21.8. The van der Waals surface area contributed by atoms with Crippen LogP contribution in [0.1, 0.15) is 168 Å². The molecule has 63 heavy (non-hydrogen) atoms. The molecule has 0 spiro atoms. The topological polar surface area (TPSA) is 6.48 Å². The Balaban J connectivity index is -0.000000260. The summed E-state index contributed by atoms with van der Waals surface area (Å²) >= 11 is 0. The largest absolute Gasteiger partial charge is 2.00 e. The van der Waals surface area contributed by atoms with E-state index in [4.69, 9.17) is 0 Å². The summed E-state index contributed by atoms with van der Waals surface area (Å²) in [6, 6.07) is 24.6. The smallest absolute Gasteiger partial charge is 0.358 e. The Morgan fingerprint density at radius 3 is 0.857 bits per heavy atom. The van der Waals surface area contributed by atoms with Crippen LogP contribution in [0, 0.1) is 56.4 Å². The first-order chi connectivity index (χ1) is 26.4. The van der Waals surface area contributed by atoms with Crippen LogP contribution >= 0.6 is 15.8 Å². The van der Waals surface area contributed by atoms with E-state index in [2.05, 4.69) is 113 Å². The van der Waals surface area contributed by atoms with Crippen molar-refractivity contribution in [2.75, 3.05) is 28.2 Å². The summed E-state index contributed by atoms with van der Waals surface area (Å²) in [4.78, 5) is 4.91. The van der Waals surface area contributed by atoms with E-state index in [0.29, 0.717) is 0 Å². The van der Waals surface area contributed by atoms with Gasteiger partial charge in [-0.15, -0.1) is 0 Å². The minimum atomic E-state index is 0. The van der Waals surface area contributed by atoms with Crippen molar-refractivity contribution in [2.24, 2.45) is 11.8 Å². The molecule has 0 radical (unpaired) electrons. The normalized spacial score (nSPS) is 24.1. The van der Waals surface area contributed by atoms with Crippen LogP contribution in [0.5, 0.6) is 0 Å². The summed E-state index contributed by atoms with van der Waals surface area (Å²) in [5.41, 5.74) is 3.91. The Labute approximate surface area is 432 Å². The summed E-state index contributed by atoms with van der Waals surface area (Å²) in [7, 11) is 9.09. The van der Waals surface area contributed by atoms with E-state index >= 15 is 0 Å². The van der Waals surface area contributed by atoms with Gasteiger partial charge in [-0.1, -0.05) is 179 Å². The van der Waals surface area contributed by atoms with Crippen molar-refractivity contribution in [1.29, 1.82) is 0 Å². The molecule has 6 fully saturated rings. The standard InChI is InChI=1S/2C20H32NP.2C5H10.6CH3.3Fe/c2*1-16(21(2)3)19-14-9-15-20(19)22(18-12-7-8-13-18)17-10-5-4-6-11-17;2*1-2-4-5-3-1;;;;;;;;;/h2*4-6,10-11,16,18-20H,7-9,12-15H2,1-3H3;2*1-5H2;6*1H3;;;/q;;;;6*-1;3*+2/t2*16-,19?,20?,22?;;;;;;;;;;;/m11.........../s1. The van der Waals surface area contributed by atoms with Crippen molar-refractivity contribution in [3.8, 4) is 0 Å². The van der Waals surface area contributed by atoms with Crippen LogP contribution in [0.25, 0.3) is 0 Å². The van der Waals surface area contributed by atoms with Crippen molar-refractivity contribution in [3.05, 3.63) is 105 Å². The van der Waals surface area contributed by atoms with Gasteiger partial charge < -0.3 is 54.4 Å². The van der Waals surface area contributed by atoms with Crippen molar-refractivity contribution in [1.82, 2.24) is 9.80 Å². The van der Waals surface area contributed by atoms with Gasteiger partial charge in [0.05, 0.1) is 0 Å². The van der Waals surface area contributed by atoms with E-state index in [1.54, 1.807) is 10.6 Å². The molecule has 8 rings (SSSR count). The molecule has 6 aliphatic rings. The first kappa shape index (κ1) is 72.8. The van der Waals surface area contributed by atoms with Gasteiger partial charge in [0.15, 0.2) is 0 Å². The number of benzene rings is 2. The Bertz CT molecular complexity index is 1140. The first-order valence-corrected chi connectivity index (χ1v) is 26.3. The fraction of sp³-hybridized carbons (Fsp3) is 0.679. The van der Waals surface area contributed by atoms with Gasteiger partial charge in [0.2, 0.25) is 0 Å². The predicted octanol–water partition coefficient (Wildman–Crippen LogP) is 16.3. The third kappa shape index (κ3) is 22.8. The molecule has 2 aromatic carbocycles. The summed E-state index contributed by atoms with van der Waals surface area (Å²) in [5.74, 6) is 1.81. The predicted molar refractivity (Wildman–Crippen MR) is 284 cm³/mol. The second kappa shape index (κ2) is 40.6. The van der Waals surface area contributed by atoms with Crippen LogP contribution in [0.2, 0.25) is 0 Å². The molecule has 0 aromatic heterocycles. The van der Waals surface area contributed by atoms with Gasteiger partial charge in [0, 0.05) is 12.1 Å². The van der Waals surface area contributed by atoms with Gasteiger partial charge in [0.1, 0.15) is 0 Å². The molecule has 7 heteroatoms. The third-order valence-electron chi connectivity index (χ3n) is 14.7. The fourth-order valence-electron chi connectivity index (χ4n) is 11.2. The average Bonchev–Trinajstić information content (AvgIpc) is 4.05. The Morgan fingerprint density at radius 2 is 0.619 bits per heavy atom. The van der Waals surface area contributed by atoms with E-state index in [1.165, 1.54) is 154 Å². The minimum Gasteiger partial charge on any atom is -0.358 e. The van der Waals surface area contributed by atoms with Gasteiger partial charge in [-0.05, 0) is 138 Å². The number of rotatable bonds is 10. The molecule has 0 bridgehead atoms. The summed E-state index contributed by atoms with van der Waals surface area (Å²) in [6.45, 7) is 4.91. The van der Waals surface area contributed by atoms with E-state index in [-0.39, 0.29) is 112 Å². The molecule has 8 atom stereocenters. The summed E-state index contributed by atoms with van der Waals surface area (Å²) in [6.07, 6.45) is 35.6. The maximum absolute atomic E-state index is 2.45. The maximum Gasteiger partial charge on any atom is 2.00 e. The molecule has 6 saturated carbocycles.